The average molecular weight is 361 g/mol. The molecule has 1 aromatic carbocycles. The molecule has 3 aromatic rings. The van der Waals surface area contributed by atoms with Crippen LogP contribution in [0.15, 0.2) is 36.7 Å². The number of hydrogen-bond donors (Lipinski definition) is 1. The molecule has 4 rings (SSSR count). The van der Waals surface area contributed by atoms with E-state index < -0.39 is 12.2 Å². The lowest BCUT2D eigenvalue weighted by atomic mass is 10.1. The van der Waals surface area contributed by atoms with Gasteiger partial charge in [-0.1, -0.05) is 23.7 Å². The maximum Gasteiger partial charge on any atom is 0.207 e. The number of fused-ring (bicyclic) bond motifs is 1. The summed E-state index contributed by atoms with van der Waals surface area (Å²) >= 11 is 5.87. The standard InChI is InChI=1S/C17H18ClFN6/c18-11-7-21-16(22-8-11)10-25-15-4-2-1-3-14(15)23-17(25)24-6-5-12(19)13(20)9-24/h1-4,7-8,12-13H,5-6,9-10,20H2/t12-,13-/m1/s1. The smallest absolute Gasteiger partial charge is 0.207 e. The van der Waals surface area contributed by atoms with Crippen LogP contribution in [0.25, 0.3) is 11.0 Å². The van der Waals surface area contributed by atoms with Gasteiger partial charge in [0.15, 0.2) is 0 Å². The maximum atomic E-state index is 13.7. The van der Waals surface area contributed by atoms with Crippen LogP contribution in [0.2, 0.25) is 5.02 Å². The van der Waals surface area contributed by atoms with Crippen LogP contribution in [0.3, 0.4) is 0 Å². The number of rotatable bonds is 3. The molecule has 1 aliphatic heterocycles. The van der Waals surface area contributed by atoms with Crippen molar-refractivity contribution in [3.63, 3.8) is 0 Å². The fraction of sp³-hybridized carbons (Fsp3) is 0.353. The van der Waals surface area contributed by atoms with Crippen LogP contribution in [-0.4, -0.2) is 44.8 Å². The summed E-state index contributed by atoms with van der Waals surface area (Å²) in [7, 11) is 0. The molecule has 130 valence electrons. The quantitative estimate of drug-likeness (QED) is 0.776. The molecule has 8 heteroatoms. The zero-order chi connectivity index (χ0) is 17.4. The number of piperidine rings is 1. The van der Waals surface area contributed by atoms with Gasteiger partial charge >= 0.3 is 0 Å². The Kier molecular flexibility index (Phi) is 4.27. The van der Waals surface area contributed by atoms with E-state index in [9.17, 15) is 4.39 Å². The molecule has 25 heavy (non-hydrogen) atoms. The van der Waals surface area contributed by atoms with E-state index in [1.807, 2.05) is 33.7 Å². The van der Waals surface area contributed by atoms with E-state index in [0.717, 1.165) is 17.0 Å². The SMILES string of the molecule is N[C@@H]1CN(c2nc3ccccc3n2Cc2ncc(Cl)cn2)CC[C@H]1F. The Morgan fingerprint density at radius 1 is 1.24 bits per heavy atom. The van der Waals surface area contributed by atoms with E-state index in [2.05, 4.69) is 9.97 Å². The van der Waals surface area contributed by atoms with Gasteiger partial charge in [-0.2, -0.15) is 0 Å². The first-order chi connectivity index (χ1) is 12.1. The first-order valence-electron chi connectivity index (χ1n) is 8.18. The highest BCUT2D eigenvalue weighted by molar-refractivity contribution is 6.30. The first kappa shape index (κ1) is 16.2. The van der Waals surface area contributed by atoms with E-state index in [-0.39, 0.29) is 0 Å². The summed E-state index contributed by atoms with van der Waals surface area (Å²) in [5, 5.41) is 0.496. The monoisotopic (exact) mass is 360 g/mol. The molecule has 1 aliphatic rings. The highest BCUT2D eigenvalue weighted by Gasteiger charge is 2.29. The molecule has 2 N–H and O–H groups in total. The Morgan fingerprint density at radius 3 is 2.76 bits per heavy atom. The Morgan fingerprint density at radius 2 is 2.00 bits per heavy atom. The molecule has 3 heterocycles. The molecule has 0 radical (unpaired) electrons. The van der Waals surface area contributed by atoms with Crippen molar-refractivity contribution in [1.82, 2.24) is 19.5 Å². The van der Waals surface area contributed by atoms with Crippen LogP contribution in [-0.2, 0) is 6.54 Å². The lowest BCUT2D eigenvalue weighted by Crippen LogP contribution is -2.50. The lowest BCUT2D eigenvalue weighted by Gasteiger charge is -2.34. The van der Waals surface area contributed by atoms with Crippen molar-refractivity contribution in [3.8, 4) is 0 Å². The van der Waals surface area contributed by atoms with Crippen molar-refractivity contribution in [2.45, 2.75) is 25.2 Å². The number of nitrogens with two attached hydrogens (primary N) is 1. The molecular formula is C17H18ClFN6. The molecule has 0 aliphatic carbocycles. The van der Waals surface area contributed by atoms with Gasteiger partial charge in [0.05, 0.1) is 28.6 Å². The zero-order valence-corrected chi connectivity index (χ0v) is 14.3. The molecule has 1 saturated heterocycles. The summed E-state index contributed by atoms with van der Waals surface area (Å²) in [5.41, 5.74) is 7.78. The van der Waals surface area contributed by atoms with Gasteiger partial charge in [0.1, 0.15) is 12.0 Å². The fourth-order valence-electron chi connectivity index (χ4n) is 3.16. The van der Waals surface area contributed by atoms with Gasteiger partial charge in [0, 0.05) is 25.5 Å². The third-order valence-corrected chi connectivity index (χ3v) is 4.66. The number of para-hydroxylation sites is 2. The highest BCUT2D eigenvalue weighted by Crippen LogP contribution is 2.26. The molecule has 0 amide bonds. The summed E-state index contributed by atoms with van der Waals surface area (Å²) in [5.74, 6) is 1.40. The van der Waals surface area contributed by atoms with Crippen LogP contribution < -0.4 is 10.6 Å². The van der Waals surface area contributed by atoms with E-state index in [1.54, 1.807) is 12.4 Å². The second-order valence-corrected chi connectivity index (χ2v) is 6.66. The number of aromatic nitrogens is 4. The van der Waals surface area contributed by atoms with E-state index in [1.165, 1.54) is 0 Å². The second-order valence-electron chi connectivity index (χ2n) is 6.22. The number of imidazole rings is 1. The summed E-state index contributed by atoms with van der Waals surface area (Å²) in [6.07, 6.45) is 2.59. The maximum absolute atomic E-state index is 13.7. The lowest BCUT2D eigenvalue weighted by molar-refractivity contribution is 0.243. The third-order valence-electron chi connectivity index (χ3n) is 4.46. The number of hydrogen-bond acceptors (Lipinski definition) is 5. The van der Waals surface area contributed by atoms with E-state index in [0.29, 0.717) is 36.9 Å². The van der Waals surface area contributed by atoms with Crippen molar-refractivity contribution in [2.24, 2.45) is 5.73 Å². The van der Waals surface area contributed by atoms with Crippen molar-refractivity contribution < 1.29 is 4.39 Å². The second kappa shape index (κ2) is 6.57. The zero-order valence-electron chi connectivity index (χ0n) is 13.5. The molecule has 1 fully saturated rings. The van der Waals surface area contributed by atoms with Crippen LogP contribution >= 0.6 is 11.6 Å². The van der Waals surface area contributed by atoms with Gasteiger partial charge in [0.25, 0.3) is 0 Å². The third kappa shape index (κ3) is 3.17. The molecule has 6 nitrogen and oxygen atoms in total. The first-order valence-corrected chi connectivity index (χ1v) is 8.56. The van der Waals surface area contributed by atoms with Crippen LogP contribution in [0.5, 0.6) is 0 Å². The Bertz CT molecular complexity index is 880. The van der Waals surface area contributed by atoms with Crippen molar-refractivity contribution in [2.75, 3.05) is 18.0 Å². The van der Waals surface area contributed by atoms with Gasteiger partial charge in [-0.25, -0.2) is 19.3 Å². The Labute approximate surface area is 149 Å². The molecule has 0 bridgehead atoms. The Balaban J connectivity index is 1.74. The predicted octanol–water partition coefficient (Wildman–Crippen LogP) is 2.40. The number of nitrogens with zero attached hydrogens (tertiary/aromatic N) is 5. The largest absolute Gasteiger partial charge is 0.340 e. The molecule has 2 atom stereocenters. The summed E-state index contributed by atoms with van der Waals surface area (Å²) in [4.78, 5) is 15.3. The van der Waals surface area contributed by atoms with Crippen LogP contribution in [0, 0.1) is 0 Å². The fourth-order valence-corrected chi connectivity index (χ4v) is 3.25. The molecule has 0 spiro atoms. The van der Waals surface area contributed by atoms with E-state index in [4.69, 9.17) is 22.3 Å². The Hall–Kier alpha value is -2.25. The topological polar surface area (TPSA) is 72.9 Å². The highest BCUT2D eigenvalue weighted by atomic mass is 35.5. The predicted molar refractivity (Wildman–Crippen MR) is 95.6 cm³/mol. The number of benzene rings is 1. The molecule has 0 saturated carbocycles. The minimum Gasteiger partial charge on any atom is -0.340 e. The van der Waals surface area contributed by atoms with E-state index >= 15 is 0 Å². The van der Waals surface area contributed by atoms with Gasteiger partial charge in [-0.05, 0) is 18.6 Å². The molecule has 2 aromatic heterocycles. The number of anilines is 1. The van der Waals surface area contributed by atoms with Crippen molar-refractivity contribution >= 4 is 28.6 Å². The van der Waals surface area contributed by atoms with Gasteiger partial charge in [-0.15, -0.1) is 0 Å². The van der Waals surface area contributed by atoms with Gasteiger partial charge in [0.2, 0.25) is 5.95 Å². The summed E-state index contributed by atoms with van der Waals surface area (Å²) < 4.78 is 15.8. The number of alkyl halides is 1. The van der Waals surface area contributed by atoms with Crippen LogP contribution in [0.4, 0.5) is 10.3 Å². The molecular weight excluding hydrogens is 343 g/mol. The van der Waals surface area contributed by atoms with Crippen LogP contribution in [0.1, 0.15) is 12.2 Å². The summed E-state index contributed by atoms with van der Waals surface area (Å²) in [6, 6.07) is 7.37. The number of halogens is 2. The average Bonchev–Trinajstić information content (AvgIpc) is 2.98. The molecule has 0 unspecified atom stereocenters. The minimum absolute atomic E-state index is 0.405. The van der Waals surface area contributed by atoms with Crippen molar-refractivity contribution in [1.29, 1.82) is 0 Å². The van der Waals surface area contributed by atoms with Gasteiger partial charge < -0.3 is 15.2 Å². The van der Waals surface area contributed by atoms with Gasteiger partial charge in [-0.3, -0.25) is 0 Å². The van der Waals surface area contributed by atoms with Crippen molar-refractivity contribution in [3.05, 3.63) is 47.5 Å². The minimum atomic E-state index is -0.964. The normalized spacial score (nSPS) is 21.0. The summed E-state index contributed by atoms with van der Waals surface area (Å²) in [6.45, 7) is 1.48.